The van der Waals surface area contributed by atoms with E-state index in [0.29, 0.717) is 23.0 Å². The van der Waals surface area contributed by atoms with Crippen molar-refractivity contribution < 1.29 is 9.59 Å². The van der Waals surface area contributed by atoms with Gasteiger partial charge in [0.2, 0.25) is 5.91 Å². The highest BCUT2D eigenvalue weighted by Crippen LogP contribution is 2.25. The molecule has 0 bridgehead atoms. The van der Waals surface area contributed by atoms with E-state index >= 15 is 0 Å². The Balaban J connectivity index is 1.51. The third-order valence-corrected chi connectivity index (χ3v) is 4.85. The lowest BCUT2D eigenvalue weighted by Crippen LogP contribution is -2.36. The Bertz CT molecular complexity index is 999. The van der Waals surface area contributed by atoms with Gasteiger partial charge in [-0.15, -0.1) is 11.3 Å². The van der Waals surface area contributed by atoms with Crippen LogP contribution in [0.25, 0.3) is 11.3 Å². The molecule has 2 aromatic carbocycles. The molecule has 0 saturated heterocycles. The average molecular weight is 376 g/mol. The van der Waals surface area contributed by atoms with Crippen LogP contribution in [0.3, 0.4) is 0 Å². The number of hydrogen-bond acceptors (Lipinski definition) is 5. The highest BCUT2D eigenvalue weighted by molar-refractivity contribution is 7.14. The predicted octanol–water partition coefficient (Wildman–Crippen LogP) is 3.93. The quantitative estimate of drug-likeness (QED) is 0.750. The fourth-order valence-electron chi connectivity index (χ4n) is 2.73. The standard InChI is InChI=1S/C20H16N4O2S/c25-18-12-11-16(23-24(18)15-9-5-2-6-10-15)19(26)22-20-21-17(13-27-20)14-7-3-1-4-8-14/h1-10,13H,11-12H2,(H,21,22,26). The van der Waals surface area contributed by atoms with E-state index in [4.69, 9.17) is 0 Å². The number of rotatable bonds is 4. The third kappa shape index (κ3) is 3.78. The lowest BCUT2D eigenvalue weighted by atomic mass is 10.1. The second-order valence-electron chi connectivity index (χ2n) is 5.95. The van der Waals surface area contributed by atoms with Gasteiger partial charge in [-0.3, -0.25) is 14.9 Å². The highest BCUT2D eigenvalue weighted by Gasteiger charge is 2.26. The molecule has 7 heteroatoms. The van der Waals surface area contributed by atoms with Crippen LogP contribution < -0.4 is 10.3 Å². The van der Waals surface area contributed by atoms with Gasteiger partial charge in [-0.1, -0.05) is 48.5 Å². The fourth-order valence-corrected chi connectivity index (χ4v) is 3.44. The number of hydrazone groups is 1. The van der Waals surface area contributed by atoms with Crippen molar-refractivity contribution in [3.05, 3.63) is 66.0 Å². The van der Waals surface area contributed by atoms with Gasteiger partial charge in [0.25, 0.3) is 5.91 Å². The van der Waals surface area contributed by atoms with Crippen LogP contribution in [-0.4, -0.2) is 22.5 Å². The van der Waals surface area contributed by atoms with Gasteiger partial charge in [0, 0.05) is 23.8 Å². The number of nitrogens with one attached hydrogen (secondary N) is 1. The van der Waals surface area contributed by atoms with Crippen LogP contribution in [0.1, 0.15) is 12.8 Å². The van der Waals surface area contributed by atoms with Gasteiger partial charge in [-0.2, -0.15) is 5.10 Å². The van der Waals surface area contributed by atoms with Crippen molar-refractivity contribution in [3.8, 4) is 11.3 Å². The smallest absolute Gasteiger partial charge is 0.273 e. The van der Waals surface area contributed by atoms with Crippen LogP contribution in [0.5, 0.6) is 0 Å². The first-order valence-electron chi connectivity index (χ1n) is 8.48. The van der Waals surface area contributed by atoms with Crippen LogP contribution in [0.15, 0.2) is 71.1 Å². The largest absolute Gasteiger partial charge is 0.297 e. The summed E-state index contributed by atoms with van der Waals surface area (Å²) in [5.74, 6) is -0.462. The molecular formula is C20H16N4O2S. The Morgan fingerprint density at radius 2 is 1.70 bits per heavy atom. The molecule has 0 radical (unpaired) electrons. The minimum atomic E-state index is -0.336. The van der Waals surface area contributed by atoms with Gasteiger partial charge < -0.3 is 0 Å². The van der Waals surface area contributed by atoms with Crippen molar-refractivity contribution >= 4 is 39.7 Å². The van der Waals surface area contributed by atoms with Crippen molar-refractivity contribution in [2.45, 2.75) is 12.8 Å². The minimum Gasteiger partial charge on any atom is -0.297 e. The summed E-state index contributed by atoms with van der Waals surface area (Å²) in [5, 5.41) is 10.7. The van der Waals surface area contributed by atoms with E-state index < -0.39 is 0 Å². The third-order valence-electron chi connectivity index (χ3n) is 4.09. The van der Waals surface area contributed by atoms with Gasteiger partial charge in [-0.25, -0.2) is 9.99 Å². The summed E-state index contributed by atoms with van der Waals surface area (Å²) < 4.78 is 0. The highest BCUT2D eigenvalue weighted by atomic mass is 32.1. The number of thiazole rings is 1. The van der Waals surface area contributed by atoms with Crippen molar-refractivity contribution in [1.82, 2.24) is 4.98 Å². The molecule has 1 aromatic heterocycles. The van der Waals surface area contributed by atoms with Crippen LogP contribution in [-0.2, 0) is 9.59 Å². The van der Waals surface area contributed by atoms with E-state index in [9.17, 15) is 9.59 Å². The molecule has 0 unspecified atom stereocenters. The van der Waals surface area contributed by atoms with E-state index in [-0.39, 0.29) is 18.2 Å². The number of carbonyl (C=O) groups is 2. The van der Waals surface area contributed by atoms with Crippen LogP contribution in [0.4, 0.5) is 10.8 Å². The Morgan fingerprint density at radius 1 is 1.00 bits per heavy atom. The topological polar surface area (TPSA) is 74.7 Å². The molecule has 0 saturated carbocycles. The number of aromatic nitrogens is 1. The molecule has 1 aliphatic heterocycles. The van der Waals surface area contributed by atoms with Crippen LogP contribution in [0.2, 0.25) is 0 Å². The molecular weight excluding hydrogens is 360 g/mol. The number of benzene rings is 2. The van der Waals surface area contributed by atoms with Gasteiger partial charge in [0.05, 0.1) is 11.4 Å². The van der Waals surface area contributed by atoms with Crippen molar-refractivity contribution in [1.29, 1.82) is 0 Å². The molecule has 2 heterocycles. The fraction of sp³-hybridized carbons (Fsp3) is 0.100. The summed E-state index contributed by atoms with van der Waals surface area (Å²) in [7, 11) is 0. The lowest BCUT2D eigenvalue weighted by Gasteiger charge is -2.22. The molecule has 3 aromatic rings. The predicted molar refractivity (Wildman–Crippen MR) is 107 cm³/mol. The van der Waals surface area contributed by atoms with E-state index in [0.717, 1.165) is 11.3 Å². The first kappa shape index (κ1) is 17.1. The SMILES string of the molecule is O=C(Nc1nc(-c2ccccc2)cs1)C1=NN(c2ccccc2)C(=O)CC1. The van der Waals surface area contributed by atoms with E-state index in [1.54, 1.807) is 12.1 Å². The number of anilines is 2. The van der Waals surface area contributed by atoms with E-state index in [1.165, 1.54) is 16.3 Å². The van der Waals surface area contributed by atoms with Gasteiger partial charge >= 0.3 is 0 Å². The maximum Gasteiger partial charge on any atom is 0.273 e. The maximum absolute atomic E-state index is 12.6. The number of para-hydroxylation sites is 1. The zero-order valence-electron chi connectivity index (χ0n) is 14.3. The average Bonchev–Trinajstić information content (AvgIpc) is 3.18. The lowest BCUT2D eigenvalue weighted by molar-refractivity contribution is -0.118. The number of hydrogen-bond donors (Lipinski definition) is 1. The molecule has 0 fully saturated rings. The van der Waals surface area contributed by atoms with E-state index in [2.05, 4.69) is 15.4 Å². The van der Waals surface area contributed by atoms with Gasteiger partial charge in [0.1, 0.15) is 5.71 Å². The summed E-state index contributed by atoms with van der Waals surface area (Å²) in [6.45, 7) is 0. The van der Waals surface area contributed by atoms with Crippen molar-refractivity contribution in [3.63, 3.8) is 0 Å². The maximum atomic E-state index is 12.6. The molecule has 0 spiro atoms. The first-order chi connectivity index (χ1) is 13.2. The van der Waals surface area contributed by atoms with Crippen molar-refractivity contribution in [2.75, 3.05) is 10.3 Å². The molecule has 6 nitrogen and oxygen atoms in total. The zero-order valence-corrected chi connectivity index (χ0v) is 15.1. The monoisotopic (exact) mass is 376 g/mol. The zero-order chi connectivity index (χ0) is 18.6. The second-order valence-corrected chi connectivity index (χ2v) is 6.80. The summed E-state index contributed by atoms with van der Waals surface area (Å²) in [5.41, 5.74) is 2.76. The Labute approximate surface area is 160 Å². The molecule has 1 N–H and O–H groups in total. The normalized spacial score (nSPS) is 14.0. The van der Waals surface area contributed by atoms with Gasteiger partial charge in [0.15, 0.2) is 5.13 Å². The summed E-state index contributed by atoms with van der Waals surface area (Å²) >= 11 is 1.36. The molecule has 4 rings (SSSR count). The number of nitrogens with zero attached hydrogens (tertiary/aromatic N) is 3. The number of carbonyl (C=O) groups excluding carboxylic acids is 2. The first-order valence-corrected chi connectivity index (χ1v) is 9.36. The Kier molecular flexibility index (Phi) is 4.76. The second kappa shape index (κ2) is 7.51. The molecule has 0 atom stereocenters. The Hall–Kier alpha value is -3.32. The van der Waals surface area contributed by atoms with Crippen molar-refractivity contribution in [2.24, 2.45) is 5.10 Å². The summed E-state index contributed by atoms with van der Waals surface area (Å²) in [6.07, 6.45) is 0.555. The van der Waals surface area contributed by atoms with Gasteiger partial charge in [-0.05, 0) is 12.1 Å². The number of amides is 2. The van der Waals surface area contributed by atoms with E-state index in [1.807, 2.05) is 53.9 Å². The van der Waals surface area contributed by atoms with Crippen LogP contribution >= 0.6 is 11.3 Å². The molecule has 0 aliphatic carbocycles. The molecule has 1 aliphatic rings. The minimum absolute atomic E-state index is 0.127. The summed E-state index contributed by atoms with van der Waals surface area (Å²) in [6, 6.07) is 18.9. The summed E-state index contributed by atoms with van der Waals surface area (Å²) in [4.78, 5) is 29.2. The molecule has 27 heavy (non-hydrogen) atoms. The molecule has 134 valence electrons. The Morgan fingerprint density at radius 3 is 2.44 bits per heavy atom. The van der Waals surface area contributed by atoms with Crippen LogP contribution in [0, 0.1) is 0 Å². The molecule has 2 amide bonds.